The number of piperazine rings is 1. The van der Waals surface area contributed by atoms with Gasteiger partial charge >= 0.3 is 0 Å². The number of methoxy groups -OCH3 is 1. The summed E-state index contributed by atoms with van der Waals surface area (Å²) in [6, 6.07) is 15.6. The SMILES string of the molecule is CO[C@H](C)[C@@H]1NC(=O)C(c2ccc(OCc3ccccc3)cc2)NC1=O. The molecule has 1 aliphatic heterocycles. The highest BCUT2D eigenvalue weighted by Crippen LogP contribution is 2.21. The molecule has 2 aromatic rings. The zero-order valence-corrected chi connectivity index (χ0v) is 14.8. The fourth-order valence-corrected chi connectivity index (χ4v) is 2.80. The van der Waals surface area contributed by atoms with E-state index < -0.39 is 18.2 Å². The zero-order valence-electron chi connectivity index (χ0n) is 14.8. The molecular formula is C20H22N2O4. The molecule has 26 heavy (non-hydrogen) atoms. The van der Waals surface area contributed by atoms with E-state index in [2.05, 4.69) is 10.6 Å². The maximum Gasteiger partial charge on any atom is 0.247 e. The molecule has 2 N–H and O–H groups in total. The van der Waals surface area contributed by atoms with Crippen molar-refractivity contribution >= 4 is 11.8 Å². The normalized spacial score (nSPS) is 20.8. The minimum atomic E-state index is -0.717. The molecule has 1 saturated heterocycles. The summed E-state index contributed by atoms with van der Waals surface area (Å²) in [6.07, 6.45) is -0.395. The van der Waals surface area contributed by atoms with Crippen molar-refractivity contribution in [1.82, 2.24) is 10.6 Å². The largest absolute Gasteiger partial charge is 0.489 e. The molecule has 0 aromatic heterocycles. The van der Waals surface area contributed by atoms with Crippen molar-refractivity contribution in [2.75, 3.05) is 7.11 Å². The molecule has 3 atom stereocenters. The Kier molecular flexibility index (Phi) is 5.53. The molecule has 6 nitrogen and oxygen atoms in total. The Balaban J connectivity index is 1.63. The maximum absolute atomic E-state index is 12.4. The van der Waals surface area contributed by atoms with E-state index >= 15 is 0 Å². The van der Waals surface area contributed by atoms with Crippen LogP contribution >= 0.6 is 0 Å². The smallest absolute Gasteiger partial charge is 0.247 e. The number of carbonyl (C=O) groups is 2. The molecule has 0 aliphatic carbocycles. The van der Waals surface area contributed by atoms with Crippen LogP contribution in [0.5, 0.6) is 5.75 Å². The van der Waals surface area contributed by atoms with E-state index in [9.17, 15) is 9.59 Å². The Morgan fingerprint density at radius 1 is 0.962 bits per heavy atom. The lowest BCUT2D eigenvalue weighted by Gasteiger charge is -2.32. The summed E-state index contributed by atoms with van der Waals surface area (Å²) < 4.78 is 10.9. The molecule has 136 valence electrons. The molecule has 6 heteroatoms. The van der Waals surface area contributed by atoms with Gasteiger partial charge in [-0.15, -0.1) is 0 Å². The second-order valence-corrected chi connectivity index (χ2v) is 6.21. The first-order valence-corrected chi connectivity index (χ1v) is 8.48. The van der Waals surface area contributed by atoms with Crippen molar-refractivity contribution in [3.05, 3.63) is 65.7 Å². The molecule has 2 amide bonds. The van der Waals surface area contributed by atoms with Gasteiger partial charge in [0.05, 0.1) is 6.10 Å². The van der Waals surface area contributed by atoms with Gasteiger partial charge in [0.2, 0.25) is 11.8 Å². The average molecular weight is 354 g/mol. The molecule has 2 aromatic carbocycles. The first-order chi connectivity index (χ1) is 12.6. The van der Waals surface area contributed by atoms with E-state index in [0.717, 1.165) is 5.56 Å². The van der Waals surface area contributed by atoms with Gasteiger partial charge in [-0.25, -0.2) is 0 Å². The number of ether oxygens (including phenoxy) is 2. The first kappa shape index (κ1) is 17.9. The van der Waals surface area contributed by atoms with E-state index in [1.807, 2.05) is 30.3 Å². The Bertz CT molecular complexity index is 761. The summed E-state index contributed by atoms with van der Waals surface area (Å²) >= 11 is 0. The van der Waals surface area contributed by atoms with Gasteiger partial charge in [0.15, 0.2) is 0 Å². The van der Waals surface area contributed by atoms with Crippen molar-refractivity contribution in [3.63, 3.8) is 0 Å². The van der Waals surface area contributed by atoms with Gasteiger partial charge in [0.1, 0.15) is 24.4 Å². The molecule has 3 rings (SSSR count). The summed E-state index contributed by atoms with van der Waals surface area (Å²) in [4.78, 5) is 24.6. The van der Waals surface area contributed by atoms with Gasteiger partial charge in [0, 0.05) is 7.11 Å². The number of hydrogen-bond acceptors (Lipinski definition) is 4. The van der Waals surface area contributed by atoms with Crippen molar-refractivity contribution in [2.45, 2.75) is 31.7 Å². The number of benzene rings is 2. The van der Waals surface area contributed by atoms with E-state index in [4.69, 9.17) is 9.47 Å². The highest BCUT2D eigenvalue weighted by Gasteiger charge is 2.37. The van der Waals surface area contributed by atoms with Gasteiger partial charge < -0.3 is 20.1 Å². The van der Waals surface area contributed by atoms with Crippen LogP contribution < -0.4 is 15.4 Å². The van der Waals surface area contributed by atoms with Gasteiger partial charge in [-0.2, -0.15) is 0 Å². The van der Waals surface area contributed by atoms with Crippen LogP contribution in [0.3, 0.4) is 0 Å². The second kappa shape index (κ2) is 8.01. The fraction of sp³-hybridized carbons (Fsp3) is 0.300. The topological polar surface area (TPSA) is 76.7 Å². The van der Waals surface area contributed by atoms with Crippen LogP contribution in [-0.4, -0.2) is 31.1 Å². The summed E-state index contributed by atoms with van der Waals surface area (Å²) in [5.41, 5.74) is 1.78. The van der Waals surface area contributed by atoms with Gasteiger partial charge in [-0.3, -0.25) is 9.59 Å². The molecule has 0 saturated carbocycles. The number of nitrogens with one attached hydrogen (secondary N) is 2. The predicted molar refractivity (Wildman–Crippen MR) is 96.5 cm³/mol. The molecule has 0 radical (unpaired) electrons. The van der Waals surface area contributed by atoms with Gasteiger partial charge in [-0.1, -0.05) is 42.5 Å². The molecule has 1 heterocycles. The fourth-order valence-electron chi connectivity index (χ4n) is 2.80. The molecule has 0 spiro atoms. The van der Waals surface area contributed by atoms with E-state index in [0.29, 0.717) is 17.9 Å². The summed E-state index contributed by atoms with van der Waals surface area (Å²) in [7, 11) is 1.50. The van der Waals surface area contributed by atoms with E-state index in [1.165, 1.54) is 7.11 Å². The summed E-state index contributed by atoms with van der Waals surface area (Å²) in [6.45, 7) is 2.21. The van der Waals surface area contributed by atoms with Crippen molar-refractivity contribution < 1.29 is 19.1 Å². The van der Waals surface area contributed by atoms with Crippen molar-refractivity contribution in [2.24, 2.45) is 0 Å². The molecule has 0 bridgehead atoms. The summed E-state index contributed by atoms with van der Waals surface area (Å²) in [5, 5.41) is 5.47. The molecule has 1 unspecified atom stereocenters. The Hall–Kier alpha value is -2.86. The Labute approximate surface area is 152 Å². The zero-order chi connectivity index (χ0) is 18.5. The Morgan fingerprint density at radius 3 is 2.31 bits per heavy atom. The standard InChI is InChI=1S/C20H22N2O4/c1-13(25-2)17-19(23)22-18(20(24)21-17)15-8-10-16(11-9-15)26-12-14-6-4-3-5-7-14/h3-11,13,17-18H,12H2,1-2H3,(H,21,24)(H,22,23)/t13-,17+,18?/m1/s1. The third kappa shape index (κ3) is 4.03. The minimum Gasteiger partial charge on any atom is -0.489 e. The maximum atomic E-state index is 12.4. The molecule has 1 fully saturated rings. The first-order valence-electron chi connectivity index (χ1n) is 8.48. The predicted octanol–water partition coefficient (Wildman–Crippen LogP) is 1.96. The summed E-state index contributed by atoms with van der Waals surface area (Å²) in [5.74, 6) is 0.191. The Morgan fingerprint density at radius 2 is 1.65 bits per heavy atom. The van der Waals surface area contributed by atoms with Gasteiger partial charge in [0.25, 0.3) is 0 Å². The minimum absolute atomic E-state index is 0.253. The third-order valence-electron chi connectivity index (χ3n) is 4.43. The third-order valence-corrected chi connectivity index (χ3v) is 4.43. The quantitative estimate of drug-likeness (QED) is 0.831. The lowest BCUT2D eigenvalue weighted by molar-refractivity contribution is -0.140. The van der Waals surface area contributed by atoms with Crippen LogP contribution in [0.15, 0.2) is 54.6 Å². The van der Waals surface area contributed by atoms with Crippen molar-refractivity contribution in [3.8, 4) is 5.75 Å². The van der Waals surface area contributed by atoms with E-state index in [-0.39, 0.29) is 11.8 Å². The van der Waals surface area contributed by atoms with Crippen LogP contribution in [0.25, 0.3) is 0 Å². The molecular weight excluding hydrogens is 332 g/mol. The number of hydrogen-bond donors (Lipinski definition) is 2. The van der Waals surface area contributed by atoms with Crippen LogP contribution in [0, 0.1) is 0 Å². The van der Waals surface area contributed by atoms with Crippen LogP contribution in [0.1, 0.15) is 24.1 Å². The number of carbonyl (C=O) groups excluding carboxylic acids is 2. The van der Waals surface area contributed by atoms with Crippen LogP contribution in [-0.2, 0) is 20.9 Å². The lowest BCUT2D eigenvalue weighted by Crippen LogP contribution is -2.61. The van der Waals surface area contributed by atoms with E-state index in [1.54, 1.807) is 31.2 Å². The second-order valence-electron chi connectivity index (χ2n) is 6.21. The molecule has 1 aliphatic rings. The highest BCUT2D eigenvalue weighted by molar-refractivity contribution is 5.97. The van der Waals surface area contributed by atoms with Crippen LogP contribution in [0.2, 0.25) is 0 Å². The van der Waals surface area contributed by atoms with Crippen molar-refractivity contribution in [1.29, 1.82) is 0 Å². The number of amides is 2. The van der Waals surface area contributed by atoms with Crippen LogP contribution in [0.4, 0.5) is 0 Å². The average Bonchev–Trinajstić information content (AvgIpc) is 2.68. The van der Waals surface area contributed by atoms with Gasteiger partial charge in [-0.05, 0) is 30.2 Å². The monoisotopic (exact) mass is 354 g/mol. The highest BCUT2D eigenvalue weighted by atomic mass is 16.5. The lowest BCUT2D eigenvalue weighted by atomic mass is 10.0. The number of rotatable bonds is 6.